The first-order valence-electron chi connectivity index (χ1n) is 12.6. The van der Waals surface area contributed by atoms with Crippen LogP contribution in [-0.2, 0) is 18.9 Å². The number of alkyl halides is 1. The Bertz CT molecular complexity index is 1250. The maximum absolute atomic E-state index is 12.6. The van der Waals surface area contributed by atoms with Gasteiger partial charge < -0.3 is 40.2 Å². The van der Waals surface area contributed by atoms with Crippen LogP contribution in [0.15, 0.2) is 22.5 Å². The van der Waals surface area contributed by atoms with E-state index in [2.05, 4.69) is 27.1 Å². The number of aliphatic hydroxyl groups excluding tert-OH is 2. The Hall–Kier alpha value is -3.44. The van der Waals surface area contributed by atoms with E-state index in [0.29, 0.717) is 37.9 Å². The van der Waals surface area contributed by atoms with E-state index < -0.39 is 24.5 Å². The second-order valence-corrected chi connectivity index (χ2v) is 8.92. The molecule has 0 bridgehead atoms. The van der Waals surface area contributed by atoms with Crippen molar-refractivity contribution in [2.75, 3.05) is 57.8 Å². The molecule has 13 nitrogen and oxygen atoms in total. The van der Waals surface area contributed by atoms with Crippen molar-refractivity contribution < 1.29 is 34.0 Å². The van der Waals surface area contributed by atoms with E-state index >= 15 is 0 Å². The fourth-order valence-corrected chi connectivity index (χ4v) is 4.00. The van der Waals surface area contributed by atoms with Crippen molar-refractivity contribution in [3.63, 3.8) is 0 Å². The first-order valence-corrected chi connectivity index (χ1v) is 13.2. The summed E-state index contributed by atoms with van der Waals surface area (Å²) in [6, 6.07) is 0. The van der Waals surface area contributed by atoms with Gasteiger partial charge in [0, 0.05) is 25.2 Å². The summed E-state index contributed by atoms with van der Waals surface area (Å²) in [6.45, 7) is 1.49. The van der Waals surface area contributed by atoms with E-state index in [1.807, 2.05) is 0 Å². The summed E-state index contributed by atoms with van der Waals surface area (Å²) in [4.78, 5) is 31.0. The van der Waals surface area contributed by atoms with E-state index in [1.54, 1.807) is 0 Å². The number of fused-ring (bicyclic) bond motifs is 1. The van der Waals surface area contributed by atoms with E-state index in [4.69, 9.17) is 36.3 Å². The van der Waals surface area contributed by atoms with Crippen LogP contribution in [0.2, 0.25) is 0 Å². The monoisotopic (exact) mass is 567 g/mol. The number of nitrogens with two attached hydrogens (primary N) is 1. The van der Waals surface area contributed by atoms with Gasteiger partial charge in [-0.15, -0.1) is 11.6 Å². The lowest BCUT2D eigenvalue weighted by atomic mass is 10.2. The second-order valence-electron chi connectivity index (χ2n) is 8.54. The molecule has 1 aliphatic rings. The summed E-state index contributed by atoms with van der Waals surface area (Å²) in [6.07, 6.45) is 4.43. The minimum absolute atomic E-state index is 0.0370. The number of anilines is 1. The van der Waals surface area contributed by atoms with Gasteiger partial charge in [-0.25, -0.2) is 4.79 Å². The highest BCUT2D eigenvalue weighted by Gasteiger charge is 2.29. The molecule has 3 heterocycles. The lowest BCUT2D eigenvalue weighted by Gasteiger charge is -2.14. The molecule has 0 radical (unpaired) electrons. The van der Waals surface area contributed by atoms with E-state index in [1.165, 1.54) is 10.8 Å². The quantitative estimate of drug-likeness (QED) is 0.121. The van der Waals surface area contributed by atoms with Gasteiger partial charge >= 0.3 is 6.09 Å². The standard InChI is InChI=1S/C25H34ClN5O8/c26-7-3-1-2-4-9-36-12-13-37-11-8-28-25(35)38-10-5-6-17-15-31(20-14-18(33)19(16-32)39-20)22-21(17)23(34)30-24(27)29-22/h15,20,32-33H,1-4,7-14,16H2,(H,28,35)(H3,27,29,30,34)/t20-/m1/s1. The molecular weight excluding hydrogens is 534 g/mol. The van der Waals surface area contributed by atoms with Crippen LogP contribution < -0.4 is 16.6 Å². The summed E-state index contributed by atoms with van der Waals surface area (Å²) in [5.41, 5.74) is 5.69. The molecule has 0 unspecified atom stereocenters. The van der Waals surface area contributed by atoms with Gasteiger partial charge in [0.2, 0.25) is 5.95 Å². The fraction of sp³-hybridized carbons (Fsp3) is 0.560. The Morgan fingerprint density at radius 2 is 2.03 bits per heavy atom. The number of aromatic nitrogens is 3. The number of H-pyrrole nitrogens is 1. The van der Waals surface area contributed by atoms with Crippen LogP contribution >= 0.6 is 11.6 Å². The third-order valence-corrected chi connectivity index (χ3v) is 5.95. The zero-order chi connectivity index (χ0) is 28.0. The van der Waals surface area contributed by atoms with Crippen LogP contribution in [0.4, 0.5) is 10.7 Å². The lowest BCUT2D eigenvalue weighted by Crippen LogP contribution is -2.28. The molecule has 39 heavy (non-hydrogen) atoms. The highest BCUT2D eigenvalue weighted by molar-refractivity contribution is 6.17. The van der Waals surface area contributed by atoms with Crippen molar-refractivity contribution in [2.45, 2.75) is 38.3 Å². The molecule has 6 N–H and O–H groups in total. The van der Waals surface area contributed by atoms with Gasteiger partial charge in [0.05, 0.1) is 31.8 Å². The Balaban J connectivity index is 1.41. The molecule has 1 aliphatic heterocycles. The molecule has 1 amide bonds. The number of halogens is 1. The first-order chi connectivity index (χ1) is 18.9. The van der Waals surface area contributed by atoms with Crippen LogP contribution in [0.25, 0.3) is 11.0 Å². The van der Waals surface area contributed by atoms with Gasteiger partial charge in [-0.3, -0.25) is 14.3 Å². The molecule has 0 spiro atoms. The third-order valence-electron chi connectivity index (χ3n) is 5.68. The lowest BCUT2D eigenvalue weighted by molar-refractivity contribution is 0.0470. The Morgan fingerprint density at radius 1 is 1.26 bits per heavy atom. The molecular formula is C25H34ClN5O8. The van der Waals surface area contributed by atoms with E-state index in [9.17, 15) is 19.8 Å². The van der Waals surface area contributed by atoms with Crippen LogP contribution in [-0.4, -0.2) is 82.9 Å². The second kappa shape index (κ2) is 15.8. The first kappa shape index (κ1) is 30.1. The highest BCUT2D eigenvalue weighted by Crippen LogP contribution is 2.33. The summed E-state index contributed by atoms with van der Waals surface area (Å²) >= 11 is 5.63. The van der Waals surface area contributed by atoms with E-state index in [-0.39, 0.29) is 48.1 Å². The molecule has 2 aromatic heterocycles. The number of aliphatic hydroxyl groups is 2. The number of nitrogens with zero attached hydrogens (tertiary/aromatic N) is 2. The molecule has 2 aromatic rings. The number of nitrogens with one attached hydrogen (secondary N) is 2. The number of ether oxygens (including phenoxy) is 4. The largest absolute Gasteiger partial charge is 0.508 e. The Kier molecular flexibility index (Phi) is 12.2. The number of hydrogen-bond acceptors (Lipinski definition) is 10. The van der Waals surface area contributed by atoms with Gasteiger partial charge in [-0.1, -0.05) is 24.7 Å². The van der Waals surface area contributed by atoms with Crippen molar-refractivity contribution >= 4 is 34.7 Å². The minimum Gasteiger partial charge on any atom is -0.508 e. The minimum atomic E-state index is -0.749. The molecule has 0 aliphatic carbocycles. The predicted octanol–water partition coefficient (Wildman–Crippen LogP) is 1.90. The van der Waals surface area contributed by atoms with Crippen LogP contribution in [0.5, 0.6) is 0 Å². The average Bonchev–Trinajstić information content (AvgIpc) is 3.47. The van der Waals surface area contributed by atoms with Crippen LogP contribution in [0, 0.1) is 11.8 Å². The summed E-state index contributed by atoms with van der Waals surface area (Å²) in [7, 11) is 0. The number of rotatable bonds is 15. The van der Waals surface area contributed by atoms with Gasteiger partial charge in [0.25, 0.3) is 5.56 Å². The van der Waals surface area contributed by atoms with Crippen molar-refractivity contribution in [1.29, 1.82) is 0 Å². The molecule has 14 heteroatoms. The molecule has 1 atom stereocenters. The zero-order valence-corrected chi connectivity index (χ0v) is 22.3. The van der Waals surface area contributed by atoms with Crippen molar-refractivity contribution in [2.24, 2.45) is 0 Å². The number of unbranched alkanes of at least 4 members (excludes halogenated alkanes) is 3. The number of aromatic amines is 1. The number of nitrogen functional groups attached to an aromatic ring is 1. The van der Waals surface area contributed by atoms with Gasteiger partial charge in [-0.2, -0.15) is 4.98 Å². The highest BCUT2D eigenvalue weighted by atomic mass is 35.5. The molecule has 0 aromatic carbocycles. The molecule has 0 fully saturated rings. The zero-order valence-electron chi connectivity index (χ0n) is 21.5. The van der Waals surface area contributed by atoms with Gasteiger partial charge in [0.1, 0.15) is 17.8 Å². The fourth-order valence-electron chi connectivity index (χ4n) is 3.81. The SMILES string of the molecule is Nc1nc2c(c(C#CCOC(=O)NCCOCCOCCCCCCCl)cn2[C@H]2CC(O)=C(CO)O2)c(=O)[nH]1. The average molecular weight is 568 g/mol. The summed E-state index contributed by atoms with van der Waals surface area (Å²) in [5, 5.41) is 22.0. The van der Waals surface area contributed by atoms with Crippen LogP contribution in [0.1, 0.15) is 43.9 Å². The van der Waals surface area contributed by atoms with Crippen molar-refractivity contribution in [3.8, 4) is 11.8 Å². The Morgan fingerprint density at radius 3 is 2.77 bits per heavy atom. The number of alkyl carbamates (subject to hydrolysis) is 1. The van der Waals surface area contributed by atoms with Gasteiger partial charge in [-0.05, 0) is 12.8 Å². The molecule has 0 saturated heterocycles. The summed E-state index contributed by atoms with van der Waals surface area (Å²) < 4.78 is 23.0. The number of carbonyl (C=O) groups excluding carboxylic acids is 1. The number of hydrogen-bond donors (Lipinski definition) is 5. The molecule has 0 saturated carbocycles. The molecule has 3 rings (SSSR count). The number of carbonyl (C=O) groups is 1. The van der Waals surface area contributed by atoms with Crippen molar-refractivity contribution in [3.05, 3.63) is 33.6 Å². The summed E-state index contributed by atoms with van der Waals surface area (Å²) in [5.74, 6) is 6.02. The topological polar surface area (TPSA) is 183 Å². The number of amides is 1. The maximum atomic E-state index is 12.6. The third kappa shape index (κ3) is 9.07. The van der Waals surface area contributed by atoms with Crippen molar-refractivity contribution in [1.82, 2.24) is 19.9 Å². The Labute approximate surface area is 230 Å². The normalized spacial score (nSPS) is 14.8. The smallest absolute Gasteiger partial charge is 0.408 e. The van der Waals surface area contributed by atoms with Crippen LogP contribution in [0.3, 0.4) is 0 Å². The van der Waals surface area contributed by atoms with Gasteiger partial charge in [0.15, 0.2) is 24.2 Å². The maximum Gasteiger partial charge on any atom is 0.408 e. The predicted molar refractivity (Wildman–Crippen MR) is 143 cm³/mol. The van der Waals surface area contributed by atoms with E-state index in [0.717, 1.165) is 25.7 Å². The molecule has 214 valence electrons.